The van der Waals surface area contributed by atoms with Crippen molar-refractivity contribution in [2.75, 3.05) is 6.54 Å². The number of carboxylic acids is 1. The first-order valence-corrected chi connectivity index (χ1v) is 5.84. The summed E-state index contributed by atoms with van der Waals surface area (Å²) in [6, 6.07) is 0. The van der Waals surface area contributed by atoms with Crippen LogP contribution in [0.3, 0.4) is 0 Å². The van der Waals surface area contributed by atoms with E-state index in [0.717, 1.165) is 0 Å². The van der Waals surface area contributed by atoms with E-state index in [9.17, 15) is 9.59 Å². The van der Waals surface area contributed by atoms with Gasteiger partial charge in [-0.1, -0.05) is 12.1 Å². The summed E-state index contributed by atoms with van der Waals surface area (Å²) in [6.45, 7) is 5.73. The lowest BCUT2D eigenvalue weighted by atomic mass is 10.1. The Balaban J connectivity index is 2.44. The molecule has 1 heterocycles. The Morgan fingerprint density at radius 2 is 2.11 bits per heavy atom. The monoisotopic (exact) mass is 254 g/mol. The van der Waals surface area contributed by atoms with Gasteiger partial charge in [-0.05, 0) is 26.2 Å². The molecule has 0 saturated heterocycles. The summed E-state index contributed by atoms with van der Waals surface area (Å²) in [7, 11) is 0. The number of carboxylic acid groups (broad SMARTS) is 1. The molecule has 6 heteroatoms. The van der Waals surface area contributed by atoms with E-state index in [1.165, 1.54) is 0 Å². The molecule has 1 aromatic rings. The molecule has 18 heavy (non-hydrogen) atoms. The fraction of sp³-hybridized carbons (Fsp3) is 0.583. The fourth-order valence-electron chi connectivity index (χ4n) is 1.63. The van der Waals surface area contributed by atoms with Crippen LogP contribution in [0.4, 0.5) is 0 Å². The van der Waals surface area contributed by atoms with Crippen LogP contribution in [0, 0.1) is 19.8 Å². The lowest BCUT2D eigenvalue weighted by Gasteiger charge is -2.11. The number of aromatic nitrogens is 1. The first-order chi connectivity index (χ1) is 8.41. The number of carbonyl (C=O) groups is 2. The second-order valence-corrected chi connectivity index (χ2v) is 4.45. The van der Waals surface area contributed by atoms with E-state index in [1.807, 2.05) is 6.92 Å². The molecule has 1 rings (SSSR count). The molecule has 0 aliphatic heterocycles. The summed E-state index contributed by atoms with van der Waals surface area (Å²) < 4.78 is 4.91. The normalized spacial score (nSPS) is 12.2. The molecule has 1 aromatic heterocycles. The van der Waals surface area contributed by atoms with Crippen molar-refractivity contribution in [1.82, 2.24) is 10.5 Å². The number of aliphatic carboxylic acids is 1. The molecule has 0 aliphatic carbocycles. The van der Waals surface area contributed by atoms with Gasteiger partial charge in [0.25, 0.3) is 5.91 Å². The third-order valence-corrected chi connectivity index (χ3v) is 2.72. The van der Waals surface area contributed by atoms with Crippen molar-refractivity contribution >= 4 is 11.9 Å². The molecule has 1 atom stereocenters. The van der Waals surface area contributed by atoms with Gasteiger partial charge in [0, 0.05) is 13.0 Å². The second kappa shape index (κ2) is 6.18. The molecule has 0 aliphatic rings. The summed E-state index contributed by atoms with van der Waals surface area (Å²) in [6.07, 6.45) is 0.652. The van der Waals surface area contributed by atoms with Gasteiger partial charge in [0.1, 0.15) is 11.3 Å². The van der Waals surface area contributed by atoms with Crippen molar-refractivity contribution in [3.8, 4) is 0 Å². The average Bonchev–Trinajstić information content (AvgIpc) is 2.63. The predicted molar refractivity (Wildman–Crippen MR) is 64.3 cm³/mol. The second-order valence-electron chi connectivity index (χ2n) is 4.45. The number of hydrogen-bond acceptors (Lipinski definition) is 4. The summed E-state index contributed by atoms with van der Waals surface area (Å²) in [5.74, 6) is -0.443. The highest BCUT2D eigenvalue weighted by Crippen LogP contribution is 2.12. The van der Waals surface area contributed by atoms with E-state index in [4.69, 9.17) is 9.63 Å². The molecular weight excluding hydrogens is 236 g/mol. The van der Waals surface area contributed by atoms with Crippen molar-refractivity contribution in [3.05, 3.63) is 17.0 Å². The first-order valence-electron chi connectivity index (χ1n) is 5.84. The zero-order valence-corrected chi connectivity index (χ0v) is 10.8. The number of nitrogens with one attached hydrogen (secondary N) is 1. The van der Waals surface area contributed by atoms with Crippen molar-refractivity contribution in [3.63, 3.8) is 0 Å². The van der Waals surface area contributed by atoms with Crippen LogP contribution >= 0.6 is 0 Å². The molecule has 0 fully saturated rings. The largest absolute Gasteiger partial charge is 0.481 e. The van der Waals surface area contributed by atoms with Crippen LogP contribution < -0.4 is 5.32 Å². The Morgan fingerprint density at radius 3 is 2.61 bits per heavy atom. The summed E-state index contributed by atoms with van der Waals surface area (Å²) in [5, 5.41) is 15.0. The summed E-state index contributed by atoms with van der Waals surface area (Å²) in [5.41, 5.74) is 1.02. The summed E-state index contributed by atoms with van der Waals surface area (Å²) in [4.78, 5) is 22.3. The molecule has 0 saturated carbocycles. The Kier molecular flexibility index (Phi) is 4.88. The number of amides is 1. The maximum Gasteiger partial charge on any atom is 0.303 e. The van der Waals surface area contributed by atoms with Crippen LogP contribution in [-0.4, -0.2) is 28.7 Å². The number of aryl methyl sites for hydroxylation is 2. The van der Waals surface area contributed by atoms with Gasteiger partial charge >= 0.3 is 5.97 Å². The van der Waals surface area contributed by atoms with Gasteiger partial charge in [-0.15, -0.1) is 0 Å². The highest BCUT2D eigenvalue weighted by molar-refractivity contribution is 5.96. The standard InChI is InChI=1S/C12H18N2O4/c1-7(4-5-10(15)16)6-13-12(17)11-8(2)14-18-9(11)3/h7H,4-6H2,1-3H3,(H,13,17)(H,15,16). The van der Waals surface area contributed by atoms with Gasteiger partial charge in [0.05, 0.1) is 5.69 Å². The number of hydrogen-bond donors (Lipinski definition) is 2. The molecule has 0 spiro atoms. The molecule has 1 unspecified atom stereocenters. The Labute approximate surface area is 105 Å². The van der Waals surface area contributed by atoms with E-state index < -0.39 is 5.97 Å². The molecular formula is C12H18N2O4. The zero-order valence-electron chi connectivity index (χ0n) is 10.8. The maximum atomic E-state index is 11.9. The fourth-order valence-corrected chi connectivity index (χ4v) is 1.63. The molecule has 6 nitrogen and oxygen atoms in total. The van der Waals surface area contributed by atoms with Crippen LogP contribution in [0.25, 0.3) is 0 Å². The third kappa shape index (κ3) is 3.87. The third-order valence-electron chi connectivity index (χ3n) is 2.72. The van der Waals surface area contributed by atoms with Gasteiger partial charge < -0.3 is 14.9 Å². The molecule has 1 amide bonds. The highest BCUT2D eigenvalue weighted by atomic mass is 16.5. The minimum Gasteiger partial charge on any atom is -0.481 e. The minimum atomic E-state index is -0.820. The molecule has 100 valence electrons. The molecule has 0 bridgehead atoms. The molecule has 0 aromatic carbocycles. The van der Waals surface area contributed by atoms with E-state index in [2.05, 4.69) is 10.5 Å². The predicted octanol–water partition coefficient (Wildman–Crippen LogP) is 1.52. The zero-order chi connectivity index (χ0) is 13.7. The van der Waals surface area contributed by atoms with Crippen LogP contribution in [0.5, 0.6) is 0 Å². The minimum absolute atomic E-state index is 0.113. The Bertz CT molecular complexity index is 420. The number of rotatable bonds is 6. The van der Waals surface area contributed by atoms with Crippen molar-refractivity contribution in [2.24, 2.45) is 5.92 Å². The average molecular weight is 254 g/mol. The van der Waals surface area contributed by atoms with Crippen LogP contribution in [0.15, 0.2) is 4.52 Å². The Hall–Kier alpha value is -1.85. The lowest BCUT2D eigenvalue weighted by Crippen LogP contribution is -2.29. The van der Waals surface area contributed by atoms with Crippen molar-refractivity contribution in [1.29, 1.82) is 0 Å². The van der Waals surface area contributed by atoms with Gasteiger partial charge in [0.15, 0.2) is 0 Å². The van der Waals surface area contributed by atoms with Crippen molar-refractivity contribution in [2.45, 2.75) is 33.6 Å². The number of nitrogens with zero attached hydrogens (tertiary/aromatic N) is 1. The first kappa shape index (κ1) is 14.2. The van der Waals surface area contributed by atoms with Crippen LogP contribution in [-0.2, 0) is 4.79 Å². The van der Waals surface area contributed by atoms with Gasteiger partial charge in [0.2, 0.25) is 0 Å². The van der Waals surface area contributed by atoms with Crippen LogP contribution in [0.2, 0.25) is 0 Å². The topological polar surface area (TPSA) is 92.4 Å². The van der Waals surface area contributed by atoms with Gasteiger partial charge in [-0.25, -0.2) is 0 Å². The van der Waals surface area contributed by atoms with E-state index in [0.29, 0.717) is 30.0 Å². The van der Waals surface area contributed by atoms with E-state index in [1.54, 1.807) is 13.8 Å². The Morgan fingerprint density at radius 1 is 1.44 bits per heavy atom. The SMILES string of the molecule is Cc1noc(C)c1C(=O)NCC(C)CCC(=O)O. The van der Waals surface area contributed by atoms with E-state index >= 15 is 0 Å². The van der Waals surface area contributed by atoms with Gasteiger partial charge in [-0.3, -0.25) is 9.59 Å². The van der Waals surface area contributed by atoms with Gasteiger partial charge in [-0.2, -0.15) is 0 Å². The summed E-state index contributed by atoms with van der Waals surface area (Å²) >= 11 is 0. The van der Waals surface area contributed by atoms with E-state index in [-0.39, 0.29) is 18.2 Å². The quantitative estimate of drug-likeness (QED) is 0.803. The smallest absolute Gasteiger partial charge is 0.303 e. The highest BCUT2D eigenvalue weighted by Gasteiger charge is 2.17. The van der Waals surface area contributed by atoms with Crippen molar-refractivity contribution < 1.29 is 19.2 Å². The molecule has 2 N–H and O–H groups in total. The lowest BCUT2D eigenvalue weighted by molar-refractivity contribution is -0.137. The number of carbonyl (C=O) groups excluding carboxylic acids is 1. The molecule has 0 radical (unpaired) electrons. The maximum absolute atomic E-state index is 11.9. The van der Waals surface area contributed by atoms with Crippen LogP contribution in [0.1, 0.15) is 41.6 Å².